The summed E-state index contributed by atoms with van der Waals surface area (Å²) in [4.78, 5) is 14.3. The average Bonchev–Trinajstić information content (AvgIpc) is 2.33. The highest BCUT2D eigenvalue weighted by Gasteiger charge is 2.24. The predicted octanol–water partition coefficient (Wildman–Crippen LogP) is 2.70. The van der Waals surface area contributed by atoms with Crippen LogP contribution in [0.5, 0.6) is 0 Å². The van der Waals surface area contributed by atoms with E-state index in [4.69, 9.17) is 0 Å². The van der Waals surface area contributed by atoms with Crippen LogP contribution in [0.25, 0.3) is 0 Å². The number of hydrogen-bond acceptors (Lipinski definition) is 2. The fourth-order valence-corrected chi connectivity index (χ4v) is 2.54. The second kappa shape index (κ2) is 5.74. The van der Waals surface area contributed by atoms with E-state index >= 15 is 0 Å². The van der Waals surface area contributed by atoms with E-state index in [-0.39, 0.29) is 11.3 Å². The summed E-state index contributed by atoms with van der Waals surface area (Å²) >= 11 is 0. The van der Waals surface area contributed by atoms with Crippen molar-refractivity contribution in [2.24, 2.45) is 0 Å². The van der Waals surface area contributed by atoms with Crippen molar-refractivity contribution < 1.29 is 4.79 Å². The van der Waals surface area contributed by atoms with Gasteiger partial charge in [-0.2, -0.15) is 0 Å². The number of anilines is 1. The Balaban J connectivity index is 2.36. The Labute approximate surface area is 116 Å². The third-order valence-electron chi connectivity index (χ3n) is 3.55. The van der Waals surface area contributed by atoms with Gasteiger partial charge in [0.15, 0.2) is 0 Å². The van der Waals surface area contributed by atoms with Crippen LogP contribution < -0.4 is 10.2 Å². The first-order valence-corrected chi connectivity index (χ1v) is 7.11. The van der Waals surface area contributed by atoms with Crippen LogP contribution >= 0.6 is 0 Å². The molecule has 0 aromatic heterocycles. The van der Waals surface area contributed by atoms with E-state index in [2.05, 4.69) is 44.3 Å². The number of hydrogen-bond donors (Lipinski definition) is 1. The fourth-order valence-electron chi connectivity index (χ4n) is 2.54. The van der Waals surface area contributed by atoms with Gasteiger partial charge in [0.1, 0.15) is 0 Å². The van der Waals surface area contributed by atoms with E-state index in [1.807, 2.05) is 11.0 Å². The zero-order valence-corrected chi connectivity index (χ0v) is 12.2. The van der Waals surface area contributed by atoms with Gasteiger partial charge in [-0.05, 0) is 30.0 Å². The van der Waals surface area contributed by atoms with Crippen molar-refractivity contribution >= 4 is 11.6 Å². The molecule has 1 aliphatic rings. The molecule has 1 aromatic rings. The Hall–Kier alpha value is -1.35. The van der Waals surface area contributed by atoms with Gasteiger partial charge in [0.2, 0.25) is 5.91 Å². The summed E-state index contributed by atoms with van der Waals surface area (Å²) in [7, 11) is 0. The summed E-state index contributed by atoms with van der Waals surface area (Å²) in [6, 6.07) is 8.29. The van der Waals surface area contributed by atoms with E-state index in [0.29, 0.717) is 6.42 Å². The number of carbonyl (C=O) groups is 1. The molecule has 104 valence electrons. The second-order valence-electron chi connectivity index (χ2n) is 6.17. The molecule has 1 fully saturated rings. The summed E-state index contributed by atoms with van der Waals surface area (Å²) in [6.45, 7) is 9.17. The standard InChI is InChI=1S/C16H24N2O/c1-16(2,3)13-7-4-5-8-14(13)18-12-6-10-17-11-9-15(18)19/h4-5,7-8,17H,6,9-12H2,1-3H3. The molecule has 1 amide bonds. The van der Waals surface area contributed by atoms with Gasteiger partial charge in [-0.25, -0.2) is 0 Å². The third-order valence-corrected chi connectivity index (χ3v) is 3.55. The number of carbonyl (C=O) groups excluding carboxylic acids is 1. The van der Waals surface area contributed by atoms with Crippen molar-refractivity contribution in [3.63, 3.8) is 0 Å². The molecule has 0 spiro atoms. The molecule has 3 heteroatoms. The number of nitrogens with zero attached hydrogens (tertiary/aromatic N) is 1. The molecule has 1 saturated heterocycles. The van der Waals surface area contributed by atoms with Crippen LogP contribution in [0.3, 0.4) is 0 Å². The maximum absolute atomic E-state index is 12.3. The van der Waals surface area contributed by atoms with E-state index < -0.39 is 0 Å². The Morgan fingerprint density at radius 2 is 1.89 bits per heavy atom. The smallest absolute Gasteiger partial charge is 0.228 e. The van der Waals surface area contributed by atoms with Crippen molar-refractivity contribution in [3.8, 4) is 0 Å². The fraction of sp³-hybridized carbons (Fsp3) is 0.562. The van der Waals surface area contributed by atoms with Crippen molar-refractivity contribution in [2.45, 2.75) is 39.0 Å². The first-order valence-electron chi connectivity index (χ1n) is 7.11. The first kappa shape index (κ1) is 14.1. The largest absolute Gasteiger partial charge is 0.316 e. The van der Waals surface area contributed by atoms with Crippen molar-refractivity contribution in [2.75, 3.05) is 24.5 Å². The van der Waals surface area contributed by atoms with Crippen LogP contribution in [0, 0.1) is 0 Å². The van der Waals surface area contributed by atoms with E-state index in [1.165, 1.54) is 5.56 Å². The van der Waals surface area contributed by atoms with Gasteiger partial charge in [-0.3, -0.25) is 4.79 Å². The van der Waals surface area contributed by atoms with Crippen LogP contribution in [-0.4, -0.2) is 25.5 Å². The molecule has 1 aliphatic heterocycles. The maximum Gasteiger partial charge on any atom is 0.228 e. The lowest BCUT2D eigenvalue weighted by Crippen LogP contribution is -2.39. The Kier molecular flexibility index (Phi) is 4.25. The first-order chi connectivity index (χ1) is 9.00. The number of rotatable bonds is 1. The van der Waals surface area contributed by atoms with Gasteiger partial charge in [0.25, 0.3) is 0 Å². The molecule has 0 unspecified atom stereocenters. The summed E-state index contributed by atoms with van der Waals surface area (Å²) in [6.07, 6.45) is 1.59. The van der Waals surface area contributed by atoms with Crippen molar-refractivity contribution in [1.82, 2.24) is 5.32 Å². The van der Waals surface area contributed by atoms with E-state index in [9.17, 15) is 4.79 Å². The quantitative estimate of drug-likeness (QED) is 0.842. The number of para-hydroxylation sites is 1. The average molecular weight is 260 g/mol. The highest BCUT2D eigenvalue weighted by atomic mass is 16.2. The molecule has 1 heterocycles. The SMILES string of the molecule is CC(C)(C)c1ccccc1N1CCCNCCC1=O. The summed E-state index contributed by atoms with van der Waals surface area (Å²) in [5.74, 6) is 0.226. The minimum Gasteiger partial charge on any atom is -0.316 e. The molecule has 0 saturated carbocycles. The Morgan fingerprint density at radius 1 is 1.16 bits per heavy atom. The van der Waals surface area contributed by atoms with Gasteiger partial charge in [0, 0.05) is 25.2 Å². The van der Waals surface area contributed by atoms with Gasteiger partial charge in [-0.15, -0.1) is 0 Å². The third kappa shape index (κ3) is 3.35. The maximum atomic E-state index is 12.3. The molecule has 1 aromatic carbocycles. The van der Waals surface area contributed by atoms with Crippen LogP contribution in [0.1, 0.15) is 39.2 Å². The topological polar surface area (TPSA) is 32.3 Å². The molecular formula is C16H24N2O. The summed E-state index contributed by atoms with van der Waals surface area (Å²) in [5.41, 5.74) is 2.39. The van der Waals surface area contributed by atoms with Crippen LogP contribution in [0.2, 0.25) is 0 Å². The van der Waals surface area contributed by atoms with Gasteiger partial charge in [-0.1, -0.05) is 39.0 Å². The van der Waals surface area contributed by atoms with Crippen LogP contribution in [-0.2, 0) is 10.2 Å². The lowest BCUT2D eigenvalue weighted by molar-refractivity contribution is -0.118. The zero-order valence-electron chi connectivity index (χ0n) is 12.2. The normalized spacial score (nSPS) is 18.1. The minimum absolute atomic E-state index is 0.0531. The highest BCUT2D eigenvalue weighted by molar-refractivity contribution is 5.94. The number of benzene rings is 1. The summed E-state index contributed by atoms with van der Waals surface area (Å²) < 4.78 is 0. The predicted molar refractivity (Wildman–Crippen MR) is 79.6 cm³/mol. The van der Waals surface area contributed by atoms with E-state index in [0.717, 1.165) is 31.7 Å². The van der Waals surface area contributed by atoms with E-state index in [1.54, 1.807) is 0 Å². The molecule has 3 nitrogen and oxygen atoms in total. The molecule has 1 N–H and O–H groups in total. The monoisotopic (exact) mass is 260 g/mol. The van der Waals surface area contributed by atoms with Crippen molar-refractivity contribution in [3.05, 3.63) is 29.8 Å². The molecule has 0 radical (unpaired) electrons. The van der Waals surface area contributed by atoms with Crippen LogP contribution in [0.4, 0.5) is 5.69 Å². The summed E-state index contributed by atoms with van der Waals surface area (Å²) in [5, 5.41) is 3.29. The molecular weight excluding hydrogens is 236 g/mol. The lowest BCUT2D eigenvalue weighted by Gasteiger charge is -2.31. The van der Waals surface area contributed by atoms with Gasteiger partial charge >= 0.3 is 0 Å². The Morgan fingerprint density at radius 3 is 2.63 bits per heavy atom. The number of nitrogens with one attached hydrogen (secondary N) is 1. The molecule has 0 bridgehead atoms. The minimum atomic E-state index is 0.0531. The zero-order chi connectivity index (χ0) is 13.9. The molecule has 0 atom stereocenters. The molecule has 0 aliphatic carbocycles. The Bertz CT molecular complexity index is 448. The molecule has 2 rings (SSSR count). The van der Waals surface area contributed by atoms with Crippen LogP contribution in [0.15, 0.2) is 24.3 Å². The van der Waals surface area contributed by atoms with Gasteiger partial charge < -0.3 is 10.2 Å². The second-order valence-corrected chi connectivity index (χ2v) is 6.17. The highest BCUT2D eigenvalue weighted by Crippen LogP contribution is 2.32. The van der Waals surface area contributed by atoms with Gasteiger partial charge in [0.05, 0.1) is 0 Å². The number of amides is 1. The molecule has 19 heavy (non-hydrogen) atoms. The van der Waals surface area contributed by atoms with Crippen molar-refractivity contribution in [1.29, 1.82) is 0 Å². The lowest BCUT2D eigenvalue weighted by atomic mass is 9.85.